The van der Waals surface area contributed by atoms with Crippen LogP contribution >= 0.6 is 0 Å². The molecule has 2 heterocycles. The maximum absolute atomic E-state index is 13.1. The second-order valence-corrected chi connectivity index (χ2v) is 11.3. The van der Waals surface area contributed by atoms with E-state index < -0.39 is 28.4 Å². The molecule has 1 aliphatic rings. The fourth-order valence-electron chi connectivity index (χ4n) is 3.83. The first-order valence-electron chi connectivity index (χ1n) is 11.5. The summed E-state index contributed by atoms with van der Waals surface area (Å²) in [6.45, 7) is 7.99. The average molecular weight is 499 g/mol. The predicted molar refractivity (Wildman–Crippen MR) is 129 cm³/mol. The molecule has 0 unspecified atom stereocenters. The van der Waals surface area contributed by atoms with Gasteiger partial charge in [0.25, 0.3) is 10.1 Å². The Bertz CT molecular complexity index is 1260. The number of hydrogen-bond acceptors (Lipinski definition) is 7. The first-order chi connectivity index (χ1) is 16.5. The highest BCUT2D eigenvalue weighted by molar-refractivity contribution is 7.86. The third-order valence-electron chi connectivity index (χ3n) is 5.82. The zero-order chi connectivity index (χ0) is 25.2. The van der Waals surface area contributed by atoms with Crippen molar-refractivity contribution < 1.29 is 26.5 Å². The summed E-state index contributed by atoms with van der Waals surface area (Å²) < 4.78 is 42.8. The van der Waals surface area contributed by atoms with E-state index >= 15 is 0 Å². The molecule has 0 N–H and O–H groups in total. The number of rotatable bonds is 6. The van der Waals surface area contributed by atoms with Gasteiger partial charge in [-0.1, -0.05) is 68.8 Å². The molecule has 4 rings (SSSR count). The summed E-state index contributed by atoms with van der Waals surface area (Å²) in [7, 11) is -4.02. The molecule has 35 heavy (non-hydrogen) atoms. The Morgan fingerprint density at radius 2 is 1.80 bits per heavy atom. The van der Waals surface area contributed by atoms with Crippen molar-refractivity contribution in [1.82, 2.24) is 9.88 Å². The molecule has 0 aliphatic carbocycles. The first kappa shape index (κ1) is 24.9. The Hall–Kier alpha value is -3.17. The molecule has 0 saturated carbocycles. The Kier molecular flexibility index (Phi) is 7.00. The lowest BCUT2D eigenvalue weighted by molar-refractivity contribution is 0.0849. The van der Waals surface area contributed by atoms with Crippen LogP contribution in [0.5, 0.6) is 0 Å². The van der Waals surface area contributed by atoms with Crippen molar-refractivity contribution in [3.8, 4) is 0 Å². The van der Waals surface area contributed by atoms with Gasteiger partial charge < -0.3 is 9.15 Å². The van der Waals surface area contributed by atoms with E-state index in [0.717, 1.165) is 11.1 Å². The fourth-order valence-corrected chi connectivity index (χ4v) is 4.91. The first-order valence-corrected chi connectivity index (χ1v) is 12.9. The number of amides is 1. The summed E-state index contributed by atoms with van der Waals surface area (Å²) in [4.78, 5) is 18.9. The van der Waals surface area contributed by atoms with E-state index in [1.807, 2.05) is 58.0 Å². The van der Waals surface area contributed by atoms with Crippen LogP contribution in [0, 0.1) is 6.92 Å². The number of carbonyl (C=O) groups excluding carboxylic acids is 1. The molecule has 1 fully saturated rings. The molecule has 1 saturated heterocycles. The zero-order valence-corrected chi connectivity index (χ0v) is 21.1. The van der Waals surface area contributed by atoms with Gasteiger partial charge in [0.2, 0.25) is 5.89 Å². The normalized spacial score (nSPS) is 18.6. The minimum atomic E-state index is -4.02. The van der Waals surface area contributed by atoms with E-state index in [1.54, 1.807) is 18.3 Å². The van der Waals surface area contributed by atoms with Gasteiger partial charge in [0.15, 0.2) is 0 Å². The quantitative estimate of drug-likeness (QED) is 0.434. The van der Waals surface area contributed by atoms with E-state index in [2.05, 4.69) is 4.98 Å². The highest BCUT2D eigenvalue weighted by Gasteiger charge is 2.43. The van der Waals surface area contributed by atoms with Crippen molar-refractivity contribution in [1.29, 1.82) is 0 Å². The van der Waals surface area contributed by atoms with Crippen LogP contribution in [0.1, 0.15) is 56.0 Å². The third-order valence-corrected chi connectivity index (χ3v) is 7.20. The monoisotopic (exact) mass is 498 g/mol. The average Bonchev–Trinajstić information content (AvgIpc) is 3.45. The Morgan fingerprint density at radius 1 is 1.11 bits per heavy atom. The predicted octanol–water partition coefficient (Wildman–Crippen LogP) is 5.14. The number of nitrogens with zero attached hydrogens (tertiary/aromatic N) is 2. The van der Waals surface area contributed by atoms with Gasteiger partial charge >= 0.3 is 6.09 Å². The lowest BCUT2D eigenvalue weighted by atomic mass is 9.94. The number of ether oxygens (including phenoxy) is 1. The number of aryl methyl sites for hydroxylation is 1. The van der Waals surface area contributed by atoms with E-state index in [-0.39, 0.29) is 29.9 Å². The Morgan fingerprint density at radius 3 is 2.43 bits per heavy atom. The van der Waals surface area contributed by atoms with Gasteiger partial charge in [-0.2, -0.15) is 8.42 Å². The molecular formula is C26H30N2O6S. The smallest absolute Gasteiger partial charge is 0.410 e. The maximum Gasteiger partial charge on any atom is 0.410 e. The molecule has 1 aromatic heterocycles. The minimum absolute atomic E-state index is 0.0244. The van der Waals surface area contributed by atoms with E-state index in [1.165, 1.54) is 17.0 Å². The van der Waals surface area contributed by atoms with Crippen molar-refractivity contribution >= 4 is 16.2 Å². The van der Waals surface area contributed by atoms with Crippen LogP contribution in [0.3, 0.4) is 0 Å². The van der Waals surface area contributed by atoms with Gasteiger partial charge in [0, 0.05) is 11.8 Å². The molecule has 9 heteroatoms. The van der Waals surface area contributed by atoms with Gasteiger partial charge in [-0.25, -0.2) is 9.78 Å². The molecule has 0 radical (unpaired) electrons. The summed E-state index contributed by atoms with van der Waals surface area (Å²) in [6.07, 6.45) is 0.476. The number of carbonyl (C=O) groups is 1. The number of benzene rings is 2. The van der Waals surface area contributed by atoms with E-state index in [0.29, 0.717) is 11.7 Å². The fraction of sp³-hybridized carbons (Fsp3) is 0.385. The van der Waals surface area contributed by atoms with Crippen molar-refractivity contribution in [2.75, 3.05) is 6.54 Å². The summed E-state index contributed by atoms with van der Waals surface area (Å²) in [5.41, 5.74) is 1.51. The molecular weight excluding hydrogens is 468 g/mol. The highest BCUT2D eigenvalue weighted by atomic mass is 32.2. The van der Waals surface area contributed by atoms with Gasteiger partial charge in [0.05, 0.1) is 23.7 Å². The lowest BCUT2D eigenvalue weighted by Gasteiger charge is -2.22. The van der Waals surface area contributed by atoms with Crippen molar-refractivity contribution in [2.45, 2.75) is 63.2 Å². The summed E-state index contributed by atoms with van der Waals surface area (Å²) in [5.74, 6) is 0.993. The number of oxazole rings is 1. The maximum atomic E-state index is 13.1. The summed E-state index contributed by atoms with van der Waals surface area (Å²) in [5, 5.41) is 0. The van der Waals surface area contributed by atoms with Gasteiger partial charge in [-0.05, 0) is 24.6 Å². The van der Waals surface area contributed by atoms with Gasteiger partial charge in [-0.3, -0.25) is 9.08 Å². The van der Waals surface area contributed by atoms with Crippen LogP contribution in [-0.2, 0) is 31.1 Å². The van der Waals surface area contributed by atoms with Crippen molar-refractivity contribution in [2.24, 2.45) is 0 Å². The van der Waals surface area contributed by atoms with Crippen LogP contribution in [0.2, 0.25) is 0 Å². The van der Waals surface area contributed by atoms with E-state index in [9.17, 15) is 13.2 Å². The van der Waals surface area contributed by atoms with Crippen LogP contribution in [0.15, 0.2) is 70.1 Å². The summed E-state index contributed by atoms with van der Waals surface area (Å²) >= 11 is 0. The number of hydrogen-bond donors (Lipinski definition) is 0. The van der Waals surface area contributed by atoms with E-state index in [4.69, 9.17) is 13.3 Å². The Balaban J connectivity index is 1.55. The molecule has 0 spiro atoms. The molecule has 1 amide bonds. The molecule has 8 nitrogen and oxygen atoms in total. The topological polar surface area (TPSA) is 98.9 Å². The zero-order valence-electron chi connectivity index (χ0n) is 20.3. The molecule has 1 aliphatic heterocycles. The van der Waals surface area contributed by atoms with Crippen LogP contribution in [-0.4, -0.2) is 37.0 Å². The third kappa shape index (κ3) is 5.91. The highest BCUT2D eigenvalue weighted by Crippen LogP contribution is 2.36. The van der Waals surface area contributed by atoms with Crippen LogP contribution in [0.4, 0.5) is 4.79 Å². The molecule has 3 aromatic rings. The number of aromatic nitrogens is 1. The molecule has 2 atom stereocenters. The van der Waals surface area contributed by atoms with Crippen molar-refractivity contribution in [3.63, 3.8) is 0 Å². The van der Waals surface area contributed by atoms with Gasteiger partial charge in [-0.15, -0.1) is 0 Å². The number of likely N-dealkylation sites (tertiary alicyclic amines) is 1. The minimum Gasteiger partial charge on any atom is -0.445 e. The molecule has 186 valence electrons. The van der Waals surface area contributed by atoms with Crippen molar-refractivity contribution in [3.05, 3.63) is 83.6 Å². The molecule has 0 bridgehead atoms. The van der Waals surface area contributed by atoms with Gasteiger partial charge in [0.1, 0.15) is 18.4 Å². The van der Waals surface area contributed by atoms with Crippen LogP contribution < -0.4 is 0 Å². The SMILES string of the molecule is Cc1ccc(S(=O)(=O)O[C@@H]2C[C@@H](c3ncc(C(C)(C)C)o3)N(C(=O)OCc3ccccc3)C2)cc1. The standard InChI is InChI=1S/C26H30N2O6S/c1-18-10-12-21(13-11-18)35(30,31)34-20-14-22(24-27-15-23(33-24)26(2,3)4)28(16-20)25(29)32-17-19-8-6-5-7-9-19/h5-13,15,20,22H,14,16-17H2,1-4H3/t20-,22+/m1/s1. The largest absolute Gasteiger partial charge is 0.445 e. The molecule has 2 aromatic carbocycles. The second-order valence-electron chi connectivity index (χ2n) is 9.74. The Labute approximate surface area is 206 Å². The van der Waals surface area contributed by atoms with Crippen LogP contribution in [0.25, 0.3) is 0 Å². The second kappa shape index (κ2) is 9.83. The lowest BCUT2D eigenvalue weighted by Crippen LogP contribution is -2.33. The summed E-state index contributed by atoms with van der Waals surface area (Å²) in [6, 6.07) is 15.1.